The summed E-state index contributed by atoms with van der Waals surface area (Å²) in [4.78, 5) is 13.2. The lowest BCUT2D eigenvalue weighted by Gasteiger charge is -2.31. The van der Waals surface area contributed by atoms with Crippen molar-refractivity contribution in [2.24, 2.45) is 0 Å². The van der Waals surface area contributed by atoms with Crippen LogP contribution in [-0.2, 0) is 14.8 Å². The van der Waals surface area contributed by atoms with Crippen LogP contribution in [0.4, 0.5) is 4.79 Å². The maximum atomic E-state index is 11.6. The van der Waals surface area contributed by atoms with Gasteiger partial charge in [-0.3, -0.25) is 0 Å². The summed E-state index contributed by atoms with van der Waals surface area (Å²) in [6.07, 6.45) is 1.38. The first kappa shape index (κ1) is 17.2. The fourth-order valence-corrected chi connectivity index (χ4v) is 2.80. The van der Waals surface area contributed by atoms with E-state index in [-0.39, 0.29) is 17.9 Å². The Labute approximate surface area is 121 Å². The van der Waals surface area contributed by atoms with E-state index in [9.17, 15) is 13.2 Å². The minimum atomic E-state index is -3.14. The van der Waals surface area contributed by atoms with Gasteiger partial charge in [-0.05, 0) is 19.8 Å². The number of sulfonamides is 1. The smallest absolute Gasteiger partial charge is 0.409 e. The molecule has 0 saturated carbocycles. The first-order chi connectivity index (χ1) is 9.36. The van der Waals surface area contributed by atoms with Gasteiger partial charge in [-0.2, -0.15) is 0 Å². The number of rotatable bonds is 6. The molecule has 1 N–H and O–H groups in total. The molecule has 1 rings (SSSR count). The van der Waals surface area contributed by atoms with Crippen molar-refractivity contribution >= 4 is 16.1 Å². The highest BCUT2D eigenvalue weighted by molar-refractivity contribution is 7.89. The molecule has 1 aliphatic heterocycles. The highest BCUT2D eigenvalue weighted by Crippen LogP contribution is 2.11. The van der Waals surface area contributed by atoms with Crippen LogP contribution in [0.2, 0.25) is 0 Å². The third kappa shape index (κ3) is 5.26. The van der Waals surface area contributed by atoms with Crippen LogP contribution in [0.1, 0.15) is 19.8 Å². The number of carbonyl (C=O) groups is 1. The number of carbonyl (C=O) groups excluding carboxylic acids is 1. The van der Waals surface area contributed by atoms with Gasteiger partial charge in [-0.1, -0.05) is 0 Å². The summed E-state index contributed by atoms with van der Waals surface area (Å²) < 4.78 is 29.4. The zero-order chi connectivity index (χ0) is 15.2. The topological polar surface area (TPSA) is 79.0 Å². The van der Waals surface area contributed by atoms with E-state index >= 15 is 0 Å². The Bertz CT molecular complexity index is 403. The van der Waals surface area contributed by atoms with Crippen molar-refractivity contribution in [2.45, 2.75) is 25.8 Å². The van der Waals surface area contributed by atoms with Crippen LogP contribution in [-0.4, -0.2) is 75.8 Å². The monoisotopic (exact) mass is 307 g/mol. The third-order valence-corrected chi connectivity index (χ3v) is 5.20. The van der Waals surface area contributed by atoms with Crippen molar-refractivity contribution in [3.05, 3.63) is 0 Å². The van der Waals surface area contributed by atoms with E-state index in [1.54, 1.807) is 11.8 Å². The van der Waals surface area contributed by atoms with Crippen LogP contribution in [0.5, 0.6) is 0 Å². The SMILES string of the molecule is CCOC(=O)N1CCC(NCCS(=O)(=O)N(C)C)CC1. The Balaban J connectivity index is 2.25. The first-order valence-corrected chi connectivity index (χ1v) is 8.53. The number of ether oxygens (including phenoxy) is 1. The van der Waals surface area contributed by atoms with Crippen molar-refractivity contribution < 1.29 is 17.9 Å². The minimum Gasteiger partial charge on any atom is -0.450 e. The highest BCUT2D eigenvalue weighted by Gasteiger charge is 2.23. The Morgan fingerprint density at radius 3 is 2.45 bits per heavy atom. The van der Waals surface area contributed by atoms with E-state index in [2.05, 4.69) is 5.32 Å². The molecule has 0 radical (unpaired) electrons. The molecule has 0 aromatic rings. The van der Waals surface area contributed by atoms with Gasteiger partial charge >= 0.3 is 6.09 Å². The predicted molar refractivity (Wildman–Crippen MR) is 77.1 cm³/mol. The molecule has 1 saturated heterocycles. The van der Waals surface area contributed by atoms with Gasteiger partial charge in [0.1, 0.15) is 0 Å². The third-order valence-electron chi connectivity index (χ3n) is 3.37. The van der Waals surface area contributed by atoms with Crippen molar-refractivity contribution in [3.8, 4) is 0 Å². The Morgan fingerprint density at radius 2 is 1.95 bits per heavy atom. The van der Waals surface area contributed by atoms with Crippen molar-refractivity contribution in [3.63, 3.8) is 0 Å². The molecule has 0 bridgehead atoms. The van der Waals surface area contributed by atoms with E-state index in [0.29, 0.717) is 26.2 Å². The minimum absolute atomic E-state index is 0.0953. The van der Waals surface area contributed by atoms with Gasteiger partial charge in [0.2, 0.25) is 10.0 Å². The van der Waals surface area contributed by atoms with Gasteiger partial charge in [-0.25, -0.2) is 17.5 Å². The average Bonchev–Trinajstić information content (AvgIpc) is 2.39. The largest absolute Gasteiger partial charge is 0.450 e. The zero-order valence-electron chi connectivity index (χ0n) is 12.5. The standard InChI is InChI=1S/C12H25N3O4S/c1-4-19-12(16)15-8-5-11(6-9-15)13-7-10-20(17,18)14(2)3/h11,13H,4-10H2,1-3H3. The van der Waals surface area contributed by atoms with Gasteiger partial charge in [0, 0.05) is 39.8 Å². The Kier molecular flexibility index (Phi) is 6.70. The molecule has 1 heterocycles. The van der Waals surface area contributed by atoms with Crippen LogP contribution in [0, 0.1) is 0 Å². The molecule has 20 heavy (non-hydrogen) atoms. The summed E-state index contributed by atoms with van der Waals surface area (Å²) in [7, 11) is -0.0745. The summed E-state index contributed by atoms with van der Waals surface area (Å²) in [5, 5.41) is 3.24. The lowest BCUT2D eigenvalue weighted by molar-refractivity contribution is 0.0953. The first-order valence-electron chi connectivity index (χ1n) is 6.92. The normalized spacial score (nSPS) is 17.5. The molecule has 1 aliphatic rings. The van der Waals surface area contributed by atoms with E-state index in [1.807, 2.05) is 0 Å². The van der Waals surface area contributed by atoms with E-state index in [1.165, 1.54) is 18.4 Å². The molecular formula is C12H25N3O4S. The highest BCUT2D eigenvalue weighted by atomic mass is 32.2. The average molecular weight is 307 g/mol. The van der Waals surface area contributed by atoms with Gasteiger partial charge in [0.05, 0.1) is 12.4 Å². The fourth-order valence-electron chi connectivity index (χ4n) is 2.06. The van der Waals surface area contributed by atoms with E-state index < -0.39 is 10.0 Å². The van der Waals surface area contributed by atoms with Gasteiger partial charge in [0.25, 0.3) is 0 Å². The second-order valence-corrected chi connectivity index (χ2v) is 7.32. The lowest BCUT2D eigenvalue weighted by atomic mass is 10.1. The van der Waals surface area contributed by atoms with Crippen LogP contribution < -0.4 is 5.32 Å². The second-order valence-electron chi connectivity index (χ2n) is 5.01. The van der Waals surface area contributed by atoms with Gasteiger partial charge in [-0.15, -0.1) is 0 Å². The molecule has 1 fully saturated rings. The van der Waals surface area contributed by atoms with Crippen molar-refractivity contribution in [2.75, 3.05) is 46.1 Å². The van der Waals surface area contributed by atoms with Crippen LogP contribution in [0.15, 0.2) is 0 Å². The van der Waals surface area contributed by atoms with Crippen LogP contribution >= 0.6 is 0 Å². The lowest BCUT2D eigenvalue weighted by Crippen LogP contribution is -2.46. The number of piperidine rings is 1. The number of likely N-dealkylation sites (tertiary alicyclic amines) is 1. The fraction of sp³-hybridized carbons (Fsp3) is 0.917. The number of hydrogen-bond acceptors (Lipinski definition) is 5. The summed E-state index contributed by atoms with van der Waals surface area (Å²) in [5.74, 6) is 0.0953. The van der Waals surface area contributed by atoms with E-state index in [0.717, 1.165) is 12.8 Å². The molecule has 0 aromatic carbocycles. The number of nitrogens with one attached hydrogen (secondary N) is 1. The molecule has 0 unspecified atom stereocenters. The zero-order valence-corrected chi connectivity index (χ0v) is 13.3. The van der Waals surface area contributed by atoms with Crippen molar-refractivity contribution in [1.82, 2.24) is 14.5 Å². The number of amides is 1. The summed E-state index contributed by atoms with van der Waals surface area (Å²) in [5.41, 5.74) is 0. The van der Waals surface area contributed by atoms with E-state index in [4.69, 9.17) is 4.74 Å². The summed E-state index contributed by atoms with van der Waals surface area (Å²) in [6.45, 7) is 3.91. The Morgan fingerprint density at radius 1 is 1.35 bits per heavy atom. The van der Waals surface area contributed by atoms with Crippen LogP contribution in [0.25, 0.3) is 0 Å². The molecule has 7 nitrogen and oxygen atoms in total. The molecular weight excluding hydrogens is 282 g/mol. The quantitative estimate of drug-likeness (QED) is 0.752. The molecule has 118 valence electrons. The summed E-state index contributed by atoms with van der Waals surface area (Å²) >= 11 is 0. The molecule has 1 amide bonds. The van der Waals surface area contributed by atoms with Crippen molar-refractivity contribution in [1.29, 1.82) is 0 Å². The maximum Gasteiger partial charge on any atom is 0.409 e. The molecule has 0 spiro atoms. The van der Waals surface area contributed by atoms with Crippen LogP contribution in [0.3, 0.4) is 0 Å². The molecule has 0 aromatic heterocycles. The Hall–Kier alpha value is -0.860. The number of hydrogen-bond donors (Lipinski definition) is 1. The maximum absolute atomic E-state index is 11.6. The molecule has 8 heteroatoms. The number of nitrogens with zero attached hydrogens (tertiary/aromatic N) is 2. The summed E-state index contributed by atoms with van der Waals surface area (Å²) in [6, 6.07) is 0.262. The van der Waals surface area contributed by atoms with Gasteiger partial charge < -0.3 is 15.0 Å². The van der Waals surface area contributed by atoms with Gasteiger partial charge in [0.15, 0.2) is 0 Å². The predicted octanol–water partition coefficient (Wildman–Crippen LogP) is 0.0883. The molecule has 0 atom stereocenters. The molecule has 0 aliphatic carbocycles. The second kappa shape index (κ2) is 7.80.